The van der Waals surface area contributed by atoms with Crippen molar-refractivity contribution in [3.05, 3.63) is 60.9 Å². The molecule has 1 saturated heterocycles. The lowest BCUT2D eigenvalue weighted by atomic mass is 10.0. The number of piperidine rings is 1. The highest BCUT2D eigenvalue weighted by atomic mass is 19.3. The highest BCUT2D eigenvalue weighted by Crippen LogP contribution is 2.40. The Morgan fingerprint density at radius 1 is 1.08 bits per heavy atom. The van der Waals surface area contributed by atoms with Crippen LogP contribution in [0.25, 0.3) is 16.6 Å². The van der Waals surface area contributed by atoms with E-state index in [9.17, 15) is 8.78 Å². The second-order valence-electron chi connectivity index (χ2n) is 9.49. The predicted octanol–water partition coefficient (Wildman–Crippen LogP) is 4.21. The van der Waals surface area contributed by atoms with E-state index in [0.717, 1.165) is 5.56 Å². The topological polar surface area (TPSA) is 129 Å². The number of rotatable bonds is 6. The summed E-state index contributed by atoms with van der Waals surface area (Å²) in [6.07, 6.45) is 3.20. The molecule has 6 rings (SSSR count). The van der Waals surface area contributed by atoms with E-state index < -0.39 is 12.0 Å². The molecule has 1 aliphatic rings. The van der Waals surface area contributed by atoms with Crippen LogP contribution >= 0.6 is 0 Å². The van der Waals surface area contributed by atoms with Crippen molar-refractivity contribution >= 4 is 33.7 Å². The van der Waals surface area contributed by atoms with Crippen LogP contribution in [-0.2, 0) is 0 Å². The van der Waals surface area contributed by atoms with Gasteiger partial charge in [-0.1, -0.05) is 0 Å². The summed E-state index contributed by atoms with van der Waals surface area (Å²) in [6.45, 7) is 1.99. The molecule has 11 nitrogen and oxygen atoms in total. The number of ether oxygens (including phenoxy) is 2. The first-order valence-electron chi connectivity index (χ1n) is 12.2. The van der Waals surface area contributed by atoms with Crippen molar-refractivity contribution in [3.8, 4) is 17.4 Å². The van der Waals surface area contributed by atoms with Crippen LogP contribution in [0, 0.1) is 6.92 Å². The number of hydrogen-bond acceptors (Lipinski definition) is 10. The molecule has 1 fully saturated rings. The molecule has 0 amide bonds. The fourth-order valence-electron chi connectivity index (χ4n) is 4.59. The van der Waals surface area contributed by atoms with Crippen molar-refractivity contribution in [2.24, 2.45) is 0 Å². The van der Waals surface area contributed by atoms with Gasteiger partial charge in [0.2, 0.25) is 5.88 Å². The summed E-state index contributed by atoms with van der Waals surface area (Å²) in [7, 11) is 1.66. The van der Waals surface area contributed by atoms with Crippen LogP contribution in [0.3, 0.4) is 0 Å². The molecule has 0 aliphatic carbocycles. The maximum absolute atomic E-state index is 14.8. The number of nitrogens with one attached hydrogen (secondary N) is 1. The van der Waals surface area contributed by atoms with Crippen LogP contribution in [0.15, 0.2) is 55.4 Å². The van der Waals surface area contributed by atoms with Gasteiger partial charge < -0.3 is 25.4 Å². The SMILES string of the molecule is Cc1cc(Nc2ncnc3ccc(N)c(OC4CCN(C)CC4(F)F)c23)ccc1Oc1cc2ncnn2cn1. The summed E-state index contributed by atoms with van der Waals surface area (Å²) >= 11 is 0. The number of nitrogen functional groups attached to an aromatic ring is 1. The zero-order valence-corrected chi connectivity index (χ0v) is 21.2. The van der Waals surface area contributed by atoms with Gasteiger partial charge in [-0.2, -0.15) is 5.10 Å². The number of nitrogens with zero attached hydrogens (tertiary/aromatic N) is 7. The minimum Gasteiger partial charge on any atom is -0.481 e. The Morgan fingerprint density at radius 2 is 1.95 bits per heavy atom. The van der Waals surface area contributed by atoms with E-state index in [2.05, 4.69) is 30.4 Å². The van der Waals surface area contributed by atoms with Crippen LogP contribution in [0.5, 0.6) is 17.4 Å². The van der Waals surface area contributed by atoms with Crippen molar-refractivity contribution in [2.45, 2.75) is 25.4 Å². The lowest BCUT2D eigenvalue weighted by Gasteiger charge is -2.36. The van der Waals surface area contributed by atoms with Crippen molar-refractivity contribution < 1.29 is 18.3 Å². The average Bonchev–Trinajstić information content (AvgIpc) is 3.36. The first kappa shape index (κ1) is 24.7. The van der Waals surface area contributed by atoms with Gasteiger partial charge in [0.1, 0.15) is 30.5 Å². The van der Waals surface area contributed by atoms with E-state index in [1.54, 1.807) is 36.2 Å². The summed E-state index contributed by atoms with van der Waals surface area (Å²) in [6, 6.07) is 10.5. The third-order valence-corrected chi connectivity index (χ3v) is 6.57. The molecule has 0 bridgehead atoms. The van der Waals surface area contributed by atoms with Gasteiger partial charge in [-0.25, -0.2) is 33.2 Å². The Balaban J connectivity index is 1.29. The first-order valence-corrected chi connectivity index (χ1v) is 12.2. The Kier molecular flexibility index (Phi) is 6.06. The van der Waals surface area contributed by atoms with E-state index in [-0.39, 0.29) is 24.4 Å². The molecule has 4 heterocycles. The molecule has 1 aliphatic heterocycles. The number of hydrogen-bond donors (Lipinski definition) is 2. The average molecular weight is 534 g/mol. The normalized spacial score (nSPS) is 17.4. The lowest BCUT2D eigenvalue weighted by molar-refractivity contribution is -0.134. The molecule has 2 aromatic carbocycles. The van der Waals surface area contributed by atoms with Gasteiger partial charge in [-0.15, -0.1) is 0 Å². The minimum absolute atomic E-state index is 0.136. The predicted molar refractivity (Wildman–Crippen MR) is 141 cm³/mol. The van der Waals surface area contributed by atoms with Gasteiger partial charge in [-0.05, 0) is 49.9 Å². The van der Waals surface area contributed by atoms with Crippen molar-refractivity contribution in [1.29, 1.82) is 0 Å². The van der Waals surface area contributed by atoms with E-state index in [0.29, 0.717) is 46.2 Å². The first-order chi connectivity index (χ1) is 18.8. The number of fused-ring (bicyclic) bond motifs is 2. The third-order valence-electron chi connectivity index (χ3n) is 6.57. The lowest BCUT2D eigenvalue weighted by Crippen LogP contribution is -2.52. The molecular weight excluding hydrogens is 508 g/mol. The fraction of sp³-hybridized carbons (Fsp3) is 0.269. The number of alkyl halides is 2. The highest BCUT2D eigenvalue weighted by Gasteiger charge is 2.46. The van der Waals surface area contributed by atoms with Gasteiger partial charge in [0.15, 0.2) is 17.5 Å². The number of anilines is 3. The summed E-state index contributed by atoms with van der Waals surface area (Å²) in [5.41, 5.74) is 9.10. The standard InChI is InChI=1S/C26H25F2N9O2/c1-15-9-16(3-6-19(15)38-22-10-21-31-13-34-37(21)14-33-22)35-25-23-18(30-12-32-25)5-4-17(29)24(23)39-20-7-8-36(2)11-26(20,27)28/h3-6,9-10,12-14,20H,7-8,11,29H2,1-2H3,(H,30,32,35). The maximum atomic E-state index is 14.8. The fourth-order valence-corrected chi connectivity index (χ4v) is 4.59. The number of benzene rings is 2. The summed E-state index contributed by atoms with van der Waals surface area (Å²) in [5.74, 6) is -1.54. The van der Waals surface area contributed by atoms with Gasteiger partial charge in [0.05, 0.1) is 23.1 Å². The second kappa shape index (κ2) is 9.58. The monoisotopic (exact) mass is 533 g/mol. The Bertz CT molecular complexity index is 1680. The van der Waals surface area contributed by atoms with Crippen LogP contribution in [-0.4, -0.2) is 66.6 Å². The van der Waals surface area contributed by atoms with Gasteiger partial charge in [0.25, 0.3) is 5.92 Å². The van der Waals surface area contributed by atoms with E-state index >= 15 is 0 Å². The molecule has 5 aromatic rings. The minimum atomic E-state index is -3.04. The number of nitrogens with two attached hydrogens (primary N) is 1. The van der Waals surface area contributed by atoms with Crippen molar-refractivity contribution in [2.75, 3.05) is 31.2 Å². The zero-order chi connectivity index (χ0) is 27.1. The molecule has 0 radical (unpaired) electrons. The van der Waals surface area contributed by atoms with Crippen LogP contribution in [0.4, 0.5) is 26.0 Å². The molecule has 0 saturated carbocycles. The number of likely N-dealkylation sites (tertiary alicyclic amines) is 1. The number of halogens is 2. The van der Waals surface area contributed by atoms with E-state index in [1.165, 1.54) is 23.5 Å². The number of aryl methyl sites for hydroxylation is 1. The third kappa shape index (κ3) is 4.83. The van der Waals surface area contributed by atoms with E-state index in [4.69, 9.17) is 15.2 Å². The Morgan fingerprint density at radius 3 is 2.77 bits per heavy atom. The van der Waals surface area contributed by atoms with E-state index in [1.807, 2.05) is 19.1 Å². The summed E-state index contributed by atoms with van der Waals surface area (Å²) in [5, 5.41) is 7.71. The molecule has 3 N–H and O–H groups in total. The van der Waals surface area contributed by atoms with Crippen LogP contribution in [0.2, 0.25) is 0 Å². The molecule has 1 unspecified atom stereocenters. The highest BCUT2D eigenvalue weighted by molar-refractivity contribution is 5.99. The molecule has 3 aromatic heterocycles. The molecule has 1 atom stereocenters. The van der Waals surface area contributed by atoms with Gasteiger partial charge in [-0.3, -0.25) is 0 Å². The molecule has 13 heteroatoms. The van der Waals surface area contributed by atoms with Gasteiger partial charge in [0, 0.05) is 24.7 Å². The smallest absolute Gasteiger partial charge is 0.296 e. The maximum Gasteiger partial charge on any atom is 0.296 e. The van der Waals surface area contributed by atoms with Gasteiger partial charge >= 0.3 is 0 Å². The van der Waals surface area contributed by atoms with Crippen molar-refractivity contribution in [3.63, 3.8) is 0 Å². The molecular formula is C26H25F2N9O2. The summed E-state index contributed by atoms with van der Waals surface area (Å²) < 4.78 is 43.0. The molecule has 0 spiro atoms. The second-order valence-corrected chi connectivity index (χ2v) is 9.49. The summed E-state index contributed by atoms with van der Waals surface area (Å²) in [4.78, 5) is 18.6. The largest absolute Gasteiger partial charge is 0.481 e. The van der Waals surface area contributed by atoms with Crippen LogP contribution < -0.4 is 20.5 Å². The quantitative estimate of drug-likeness (QED) is 0.306. The van der Waals surface area contributed by atoms with Crippen molar-refractivity contribution in [1.82, 2.24) is 34.4 Å². The Hall–Kier alpha value is -4.65. The Labute approximate surface area is 221 Å². The zero-order valence-electron chi connectivity index (χ0n) is 21.2. The van der Waals surface area contributed by atoms with Crippen LogP contribution in [0.1, 0.15) is 12.0 Å². The molecule has 200 valence electrons. The molecule has 39 heavy (non-hydrogen) atoms. The number of aromatic nitrogens is 6.